The Bertz CT molecular complexity index is 201. The van der Waals surface area contributed by atoms with Gasteiger partial charge in [0.1, 0.15) is 0 Å². The van der Waals surface area contributed by atoms with Crippen molar-refractivity contribution in [2.75, 3.05) is 0 Å². The predicted octanol–water partition coefficient (Wildman–Crippen LogP) is 3.20. The third-order valence-electron chi connectivity index (χ3n) is 4.88. The molecule has 2 aliphatic carbocycles. The lowest BCUT2D eigenvalue weighted by Gasteiger charge is -2.32. The van der Waals surface area contributed by atoms with Gasteiger partial charge in [-0.2, -0.15) is 0 Å². The topological polar surface area (TPSA) is 38.0 Å². The van der Waals surface area contributed by atoms with E-state index in [0.717, 1.165) is 12.0 Å². The van der Waals surface area contributed by atoms with E-state index in [1.54, 1.807) is 0 Å². The van der Waals surface area contributed by atoms with E-state index in [4.69, 9.17) is 5.73 Å². The summed E-state index contributed by atoms with van der Waals surface area (Å²) in [4.78, 5) is 0. The van der Waals surface area contributed by atoms with Crippen molar-refractivity contribution in [3.05, 3.63) is 0 Å². The van der Waals surface area contributed by atoms with Crippen LogP contribution in [0.15, 0.2) is 0 Å². The van der Waals surface area contributed by atoms with Crippen molar-refractivity contribution < 1.29 is 0 Å². The largest absolute Gasteiger partial charge is 0.328 e. The van der Waals surface area contributed by atoms with Crippen LogP contribution in [0.3, 0.4) is 0 Å². The van der Waals surface area contributed by atoms with Crippen molar-refractivity contribution in [2.45, 2.75) is 89.3 Å². The van der Waals surface area contributed by atoms with E-state index in [2.05, 4.69) is 12.2 Å². The molecule has 0 saturated heterocycles. The molecular formula is C15H30N2. The third kappa shape index (κ3) is 4.26. The van der Waals surface area contributed by atoms with Gasteiger partial charge in [-0.15, -0.1) is 0 Å². The first kappa shape index (κ1) is 13.4. The van der Waals surface area contributed by atoms with Gasteiger partial charge in [0.05, 0.1) is 0 Å². The summed E-state index contributed by atoms with van der Waals surface area (Å²) in [6.45, 7) is 2.41. The summed E-state index contributed by atoms with van der Waals surface area (Å²) in [5.41, 5.74) is 5.96. The van der Waals surface area contributed by atoms with Crippen LogP contribution in [0.25, 0.3) is 0 Å². The Morgan fingerprint density at radius 3 is 2.06 bits per heavy atom. The minimum absolute atomic E-state index is 0.473. The number of hydrogen-bond donors (Lipinski definition) is 2. The molecule has 0 aromatic rings. The summed E-state index contributed by atoms with van der Waals surface area (Å²) in [7, 11) is 0. The van der Waals surface area contributed by atoms with Gasteiger partial charge in [0.15, 0.2) is 0 Å². The first-order chi connectivity index (χ1) is 8.25. The molecule has 0 aromatic carbocycles. The lowest BCUT2D eigenvalue weighted by molar-refractivity contribution is 0.264. The summed E-state index contributed by atoms with van der Waals surface area (Å²) in [5, 5.41) is 3.88. The van der Waals surface area contributed by atoms with Gasteiger partial charge in [-0.25, -0.2) is 0 Å². The third-order valence-corrected chi connectivity index (χ3v) is 4.88. The molecule has 3 N–H and O–H groups in total. The molecule has 0 unspecified atom stereocenters. The second-order valence-electron chi connectivity index (χ2n) is 6.32. The highest BCUT2D eigenvalue weighted by atomic mass is 15.0. The molecule has 1 atom stereocenters. The second kappa shape index (κ2) is 6.75. The van der Waals surface area contributed by atoms with Crippen LogP contribution in [-0.4, -0.2) is 18.1 Å². The highest BCUT2D eigenvalue weighted by Crippen LogP contribution is 2.27. The van der Waals surface area contributed by atoms with E-state index in [0.29, 0.717) is 12.1 Å². The number of nitrogens with two attached hydrogens (primary N) is 1. The summed E-state index contributed by atoms with van der Waals surface area (Å²) < 4.78 is 0. The first-order valence-corrected chi connectivity index (χ1v) is 7.77. The highest BCUT2D eigenvalue weighted by molar-refractivity contribution is 4.83. The van der Waals surface area contributed by atoms with Crippen LogP contribution in [0.4, 0.5) is 0 Å². The van der Waals surface area contributed by atoms with E-state index < -0.39 is 0 Å². The Hall–Kier alpha value is -0.0800. The van der Waals surface area contributed by atoms with Crippen molar-refractivity contribution in [1.29, 1.82) is 0 Å². The molecule has 0 bridgehead atoms. The fraction of sp³-hybridized carbons (Fsp3) is 1.00. The lowest BCUT2D eigenvalue weighted by atomic mass is 9.88. The number of nitrogens with one attached hydrogen (secondary N) is 1. The van der Waals surface area contributed by atoms with Crippen LogP contribution in [0.5, 0.6) is 0 Å². The van der Waals surface area contributed by atoms with Gasteiger partial charge in [-0.3, -0.25) is 0 Å². The molecule has 17 heavy (non-hydrogen) atoms. The maximum Gasteiger partial charge on any atom is 0.00708 e. The molecule has 0 radical (unpaired) electrons. The van der Waals surface area contributed by atoms with Crippen molar-refractivity contribution in [2.24, 2.45) is 11.7 Å². The SMILES string of the molecule is C[C@H](NC1CCC(N)CC1)C1CCCCCC1. The molecule has 0 amide bonds. The zero-order chi connectivity index (χ0) is 12.1. The van der Waals surface area contributed by atoms with Gasteiger partial charge in [0.2, 0.25) is 0 Å². The Kier molecular flexibility index (Phi) is 5.30. The smallest absolute Gasteiger partial charge is 0.00708 e. The molecule has 0 heterocycles. The Morgan fingerprint density at radius 1 is 0.882 bits per heavy atom. The fourth-order valence-electron chi connectivity index (χ4n) is 3.60. The van der Waals surface area contributed by atoms with E-state index in [9.17, 15) is 0 Å². The van der Waals surface area contributed by atoms with Gasteiger partial charge in [-0.1, -0.05) is 25.7 Å². The minimum atomic E-state index is 0.473. The molecule has 0 aliphatic heterocycles. The van der Waals surface area contributed by atoms with E-state index >= 15 is 0 Å². The summed E-state index contributed by atoms with van der Waals surface area (Å²) in [5.74, 6) is 0.924. The van der Waals surface area contributed by atoms with Crippen LogP contribution in [-0.2, 0) is 0 Å². The summed E-state index contributed by atoms with van der Waals surface area (Å²) >= 11 is 0. The molecule has 0 aromatic heterocycles. The quantitative estimate of drug-likeness (QED) is 0.741. The van der Waals surface area contributed by atoms with Crippen LogP contribution in [0, 0.1) is 5.92 Å². The van der Waals surface area contributed by atoms with Crippen molar-refractivity contribution in [3.63, 3.8) is 0 Å². The van der Waals surface area contributed by atoms with Gasteiger partial charge in [0, 0.05) is 18.1 Å². The molecular weight excluding hydrogens is 208 g/mol. The zero-order valence-electron chi connectivity index (χ0n) is 11.5. The normalized spacial score (nSPS) is 34.2. The van der Waals surface area contributed by atoms with Crippen molar-refractivity contribution in [1.82, 2.24) is 5.32 Å². The first-order valence-electron chi connectivity index (χ1n) is 7.77. The van der Waals surface area contributed by atoms with E-state index in [-0.39, 0.29) is 0 Å². The molecule has 2 rings (SSSR count). The number of rotatable bonds is 3. The van der Waals surface area contributed by atoms with Crippen molar-refractivity contribution >= 4 is 0 Å². The molecule has 2 fully saturated rings. The Balaban J connectivity index is 1.73. The maximum absolute atomic E-state index is 5.96. The minimum Gasteiger partial charge on any atom is -0.328 e. The van der Waals surface area contributed by atoms with Crippen molar-refractivity contribution in [3.8, 4) is 0 Å². The van der Waals surface area contributed by atoms with Crippen LogP contribution >= 0.6 is 0 Å². The van der Waals surface area contributed by atoms with Crippen LogP contribution in [0.1, 0.15) is 71.1 Å². The van der Waals surface area contributed by atoms with E-state index in [1.165, 1.54) is 64.2 Å². The van der Waals surface area contributed by atoms with Gasteiger partial charge in [-0.05, 0) is 51.4 Å². The average molecular weight is 238 g/mol. The molecule has 0 spiro atoms. The van der Waals surface area contributed by atoms with Gasteiger partial charge in [0.25, 0.3) is 0 Å². The van der Waals surface area contributed by atoms with Gasteiger partial charge >= 0.3 is 0 Å². The van der Waals surface area contributed by atoms with E-state index in [1.807, 2.05) is 0 Å². The number of hydrogen-bond acceptors (Lipinski definition) is 2. The summed E-state index contributed by atoms with van der Waals surface area (Å²) in [6.07, 6.45) is 13.7. The average Bonchev–Trinajstić information content (AvgIpc) is 2.61. The maximum atomic E-state index is 5.96. The molecule has 2 saturated carbocycles. The molecule has 100 valence electrons. The summed E-state index contributed by atoms with van der Waals surface area (Å²) in [6, 6.07) is 1.93. The molecule has 2 heteroatoms. The molecule has 2 aliphatic rings. The van der Waals surface area contributed by atoms with Crippen LogP contribution < -0.4 is 11.1 Å². The Morgan fingerprint density at radius 2 is 1.47 bits per heavy atom. The van der Waals surface area contributed by atoms with Gasteiger partial charge < -0.3 is 11.1 Å². The highest BCUT2D eigenvalue weighted by Gasteiger charge is 2.24. The predicted molar refractivity (Wildman–Crippen MR) is 74.0 cm³/mol. The zero-order valence-corrected chi connectivity index (χ0v) is 11.5. The monoisotopic (exact) mass is 238 g/mol. The fourth-order valence-corrected chi connectivity index (χ4v) is 3.60. The lowest BCUT2D eigenvalue weighted by Crippen LogP contribution is -2.44. The Labute approximate surface area is 107 Å². The standard InChI is InChI=1S/C15H30N2/c1-12(13-6-4-2-3-5-7-13)17-15-10-8-14(16)9-11-15/h12-15,17H,2-11,16H2,1H3/t12-,14?,15?/m0/s1. The second-order valence-corrected chi connectivity index (χ2v) is 6.32. The molecule has 2 nitrogen and oxygen atoms in total. The van der Waals surface area contributed by atoms with Crippen LogP contribution in [0.2, 0.25) is 0 Å².